The largest absolute Gasteiger partial charge is 0.481 e. The molecule has 0 amide bonds. The molecule has 10 heteroatoms. The van der Waals surface area contributed by atoms with Gasteiger partial charge in [-0.25, -0.2) is 0 Å². The van der Waals surface area contributed by atoms with Gasteiger partial charge < -0.3 is 4.74 Å². The van der Waals surface area contributed by atoms with Gasteiger partial charge in [0.05, 0.1) is 9.85 Å². The number of nitrogens with zero attached hydrogens (tertiary/aromatic N) is 2. The number of nitro benzene ring substituents is 2. The van der Waals surface area contributed by atoms with Gasteiger partial charge in [-0.15, -0.1) is 0 Å². The van der Waals surface area contributed by atoms with Crippen LogP contribution in [-0.2, 0) is 0 Å². The zero-order valence-corrected chi connectivity index (χ0v) is 16.6. The van der Waals surface area contributed by atoms with Gasteiger partial charge in [0.15, 0.2) is 5.75 Å². The van der Waals surface area contributed by atoms with Crippen LogP contribution in [0.1, 0.15) is 19.8 Å². The van der Waals surface area contributed by atoms with E-state index in [0.717, 1.165) is 25.0 Å². The van der Waals surface area contributed by atoms with Crippen LogP contribution < -0.4 is 4.74 Å². The SMILES string of the molecule is CC1(Oc2ccc(Br)cc2[N+](=O)[O-])CC1.O=[N+]([O-])c1cc(Br)ccc1F. The average Bonchev–Trinajstić information content (AvgIpc) is 3.29. The number of ether oxygens (including phenoxy) is 1. The first-order chi connectivity index (χ1) is 12.1. The van der Waals surface area contributed by atoms with E-state index in [4.69, 9.17) is 4.74 Å². The first-order valence-electron chi connectivity index (χ1n) is 7.34. The van der Waals surface area contributed by atoms with Crippen molar-refractivity contribution in [2.24, 2.45) is 0 Å². The van der Waals surface area contributed by atoms with Crippen LogP contribution in [0.3, 0.4) is 0 Å². The lowest BCUT2D eigenvalue weighted by Gasteiger charge is -2.12. The van der Waals surface area contributed by atoms with Crippen LogP contribution >= 0.6 is 31.9 Å². The highest BCUT2D eigenvalue weighted by Gasteiger charge is 2.41. The Morgan fingerprint density at radius 2 is 1.50 bits per heavy atom. The third-order valence-electron chi connectivity index (χ3n) is 3.53. The number of halogens is 3. The first kappa shape index (κ1) is 20.2. The summed E-state index contributed by atoms with van der Waals surface area (Å²) in [5, 5.41) is 20.9. The maximum atomic E-state index is 12.6. The Balaban J connectivity index is 0.000000197. The molecule has 2 aromatic carbocycles. The van der Waals surface area contributed by atoms with E-state index in [1.54, 1.807) is 12.1 Å². The fourth-order valence-corrected chi connectivity index (χ4v) is 2.59. The second-order valence-electron chi connectivity index (χ2n) is 5.77. The van der Waals surface area contributed by atoms with Gasteiger partial charge in [-0.2, -0.15) is 4.39 Å². The third kappa shape index (κ3) is 5.46. The predicted octanol–water partition coefficient (Wildman–Crippen LogP) is 5.79. The van der Waals surface area contributed by atoms with E-state index in [2.05, 4.69) is 31.9 Å². The lowest BCUT2D eigenvalue weighted by Crippen LogP contribution is -2.13. The topological polar surface area (TPSA) is 95.5 Å². The van der Waals surface area contributed by atoms with Crippen molar-refractivity contribution in [3.05, 3.63) is 71.4 Å². The highest BCUT2D eigenvalue weighted by molar-refractivity contribution is 9.10. The molecular formula is C16H13Br2FN2O5. The van der Waals surface area contributed by atoms with Crippen LogP contribution in [0.5, 0.6) is 5.75 Å². The molecule has 0 spiro atoms. The van der Waals surface area contributed by atoms with Crippen molar-refractivity contribution in [1.82, 2.24) is 0 Å². The molecule has 0 heterocycles. The second kappa shape index (κ2) is 8.09. The van der Waals surface area contributed by atoms with Gasteiger partial charge in [-0.05, 0) is 44.0 Å². The Kier molecular flexibility index (Phi) is 6.30. The van der Waals surface area contributed by atoms with E-state index >= 15 is 0 Å². The lowest BCUT2D eigenvalue weighted by atomic mass is 10.3. The normalized spacial score (nSPS) is 14.0. The summed E-state index contributed by atoms with van der Waals surface area (Å²) in [6.45, 7) is 1.96. The molecule has 0 aliphatic heterocycles. The highest BCUT2D eigenvalue weighted by Crippen LogP contribution is 2.42. The van der Waals surface area contributed by atoms with Gasteiger partial charge in [-0.3, -0.25) is 20.2 Å². The van der Waals surface area contributed by atoms with E-state index in [1.807, 2.05) is 6.92 Å². The van der Waals surface area contributed by atoms with Crippen molar-refractivity contribution in [1.29, 1.82) is 0 Å². The molecule has 0 saturated heterocycles. The summed E-state index contributed by atoms with van der Waals surface area (Å²) in [6.07, 6.45) is 1.92. The van der Waals surface area contributed by atoms with E-state index in [0.29, 0.717) is 14.7 Å². The molecule has 0 aromatic heterocycles. The minimum atomic E-state index is -0.821. The molecule has 1 aliphatic carbocycles. The second-order valence-corrected chi connectivity index (χ2v) is 7.61. The van der Waals surface area contributed by atoms with Crippen molar-refractivity contribution in [3.8, 4) is 5.75 Å². The maximum Gasteiger partial charge on any atom is 0.312 e. The van der Waals surface area contributed by atoms with Gasteiger partial charge in [0.25, 0.3) is 0 Å². The molecular weight excluding hydrogens is 479 g/mol. The van der Waals surface area contributed by atoms with Gasteiger partial charge in [-0.1, -0.05) is 31.9 Å². The molecule has 138 valence electrons. The number of hydrogen-bond donors (Lipinski definition) is 0. The predicted molar refractivity (Wildman–Crippen MR) is 99.8 cm³/mol. The summed E-state index contributed by atoms with van der Waals surface area (Å²) >= 11 is 6.19. The fourth-order valence-electron chi connectivity index (χ4n) is 1.89. The molecule has 3 rings (SSSR count). The van der Waals surface area contributed by atoms with Crippen molar-refractivity contribution < 1.29 is 19.0 Å². The molecule has 2 aromatic rings. The van der Waals surface area contributed by atoms with Gasteiger partial charge in [0.1, 0.15) is 5.60 Å². The van der Waals surface area contributed by atoms with Gasteiger partial charge in [0.2, 0.25) is 5.82 Å². The fraction of sp³-hybridized carbons (Fsp3) is 0.250. The van der Waals surface area contributed by atoms with Crippen LogP contribution in [0.25, 0.3) is 0 Å². The summed E-state index contributed by atoms with van der Waals surface area (Å²) in [4.78, 5) is 19.7. The number of rotatable bonds is 4. The standard InChI is InChI=1S/C10H10BrNO3.C6H3BrFNO2/c1-10(4-5-10)15-9-3-2-7(11)6-8(9)12(13)14;7-4-1-2-5(8)6(3-4)9(10)11/h2-3,6H,4-5H2,1H3;1-3H. The first-order valence-corrected chi connectivity index (χ1v) is 8.92. The smallest absolute Gasteiger partial charge is 0.312 e. The summed E-state index contributed by atoms with van der Waals surface area (Å²) in [6, 6.07) is 8.40. The van der Waals surface area contributed by atoms with Gasteiger partial charge >= 0.3 is 11.4 Å². The Bertz CT molecular complexity index is 859. The maximum absolute atomic E-state index is 12.6. The molecule has 0 bridgehead atoms. The zero-order chi connectivity index (χ0) is 19.5. The summed E-state index contributed by atoms with van der Waals surface area (Å²) in [5.74, 6) is -0.471. The molecule has 1 aliphatic rings. The zero-order valence-electron chi connectivity index (χ0n) is 13.4. The number of nitro groups is 2. The number of hydrogen-bond acceptors (Lipinski definition) is 5. The minimum absolute atomic E-state index is 0.0116. The molecule has 26 heavy (non-hydrogen) atoms. The highest BCUT2D eigenvalue weighted by atomic mass is 79.9. The van der Waals surface area contributed by atoms with Crippen molar-refractivity contribution >= 4 is 43.2 Å². The molecule has 0 radical (unpaired) electrons. The number of benzene rings is 2. The molecule has 1 fully saturated rings. The lowest BCUT2D eigenvalue weighted by molar-refractivity contribution is -0.387. The van der Waals surface area contributed by atoms with Crippen LogP contribution in [0.15, 0.2) is 45.3 Å². The Hall–Kier alpha value is -2.07. The van der Waals surface area contributed by atoms with Crippen molar-refractivity contribution in [2.75, 3.05) is 0 Å². The van der Waals surface area contributed by atoms with Crippen LogP contribution in [0, 0.1) is 26.0 Å². The molecule has 0 N–H and O–H groups in total. The van der Waals surface area contributed by atoms with E-state index < -0.39 is 21.4 Å². The Morgan fingerprint density at radius 3 is 1.96 bits per heavy atom. The van der Waals surface area contributed by atoms with Crippen LogP contribution in [0.2, 0.25) is 0 Å². The third-order valence-corrected chi connectivity index (χ3v) is 4.52. The minimum Gasteiger partial charge on any atom is -0.481 e. The van der Waals surface area contributed by atoms with E-state index in [-0.39, 0.29) is 11.3 Å². The average molecular weight is 492 g/mol. The Morgan fingerprint density at radius 1 is 1.00 bits per heavy atom. The monoisotopic (exact) mass is 490 g/mol. The van der Waals surface area contributed by atoms with Gasteiger partial charge in [0, 0.05) is 21.1 Å². The van der Waals surface area contributed by atoms with Crippen LogP contribution in [0.4, 0.5) is 15.8 Å². The van der Waals surface area contributed by atoms with Crippen molar-refractivity contribution in [2.45, 2.75) is 25.4 Å². The van der Waals surface area contributed by atoms with Crippen molar-refractivity contribution in [3.63, 3.8) is 0 Å². The summed E-state index contributed by atoms with van der Waals surface area (Å²) in [5.41, 5.74) is -0.699. The molecule has 0 atom stereocenters. The summed E-state index contributed by atoms with van der Waals surface area (Å²) < 4.78 is 19.3. The van der Waals surface area contributed by atoms with E-state index in [1.165, 1.54) is 12.1 Å². The molecule has 0 unspecified atom stereocenters. The Labute approximate surface area is 164 Å². The van der Waals surface area contributed by atoms with E-state index in [9.17, 15) is 24.6 Å². The molecule has 1 saturated carbocycles. The van der Waals surface area contributed by atoms with Crippen LogP contribution in [-0.4, -0.2) is 15.4 Å². The quantitative estimate of drug-likeness (QED) is 0.398. The molecule has 7 nitrogen and oxygen atoms in total. The summed E-state index contributed by atoms with van der Waals surface area (Å²) in [7, 11) is 0.